The molecule has 0 radical (unpaired) electrons. The highest BCUT2D eigenvalue weighted by Gasteiger charge is 2.33. The lowest BCUT2D eigenvalue weighted by atomic mass is 10.0. The molecule has 2 N–H and O–H groups in total. The first-order valence-corrected chi connectivity index (χ1v) is 9.29. The minimum atomic E-state index is -0.203. The quantitative estimate of drug-likeness (QED) is 0.377. The summed E-state index contributed by atoms with van der Waals surface area (Å²) < 4.78 is 18.8. The fourth-order valence-corrected chi connectivity index (χ4v) is 3.20. The predicted molar refractivity (Wildman–Crippen MR) is 114 cm³/mol. The zero-order valence-corrected chi connectivity index (χ0v) is 17.9. The molecule has 146 valence electrons. The van der Waals surface area contributed by atoms with Crippen LogP contribution < -0.4 is 10.6 Å². The Hall–Kier alpha value is -0.930. The Labute approximate surface area is 172 Å². The fourth-order valence-electron chi connectivity index (χ4n) is 3.20. The molecule has 1 aliphatic carbocycles. The van der Waals surface area contributed by atoms with Crippen molar-refractivity contribution in [1.29, 1.82) is 0 Å². The van der Waals surface area contributed by atoms with E-state index in [0.29, 0.717) is 12.6 Å². The molecule has 3 rings (SSSR count). The Morgan fingerprint density at radius 2 is 1.96 bits per heavy atom. The van der Waals surface area contributed by atoms with E-state index in [-0.39, 0.29) is 35.8 Å². The van der Waals surface area contributed by atoms with Crippen LogP contribution in [0.4, 0.5) is 4.39 Å². The fraction of sp³-hybridized carbons (Fsp3) is 0.632. The average molecular weight is 476 g/mol. The molecule has 7 heteroatoms. The second-order valence-electron chi connectivity index (χ2n) is 6.90. The molecule has 5 nitrogen and oxygen atoms in total. The van der Waals surface area contributed by atoms with Crippen molar-refractivity contribution in [3.63, 3.8) is 0 Å². The van der Waals surface area contributed by atoms with Gasteiger partial charge >= 0.3 is 0 Å². The van der Waals surface area contributed by atoms with Crippen LogP contribution in [0, 0.1) is 11.7 Å². The molecule has 0 amide bonds. The molecular formula is C19H30FIN4O. The molecule has 1 aliphatic heterocycles. The zero-order chi connectivity index (χ0) is 17.6. The zero-order valence-electron chi connectivity index (χ0n) is 15.6. The van der Waals surface area contributed by atoms with Crippen LogP contribution in [0.2, 0.25) is 0 Å². The first-order chi connectivity index (χ1) is 12.2. The van der Waals surface area contributed by atoms with Crippen molar-refractivity contribution in [3.05, 3.63) is 35.6 Å². The molecule has 0 bridgehead atoms. The molecular weight excluding hydrogens is 446 g/mol. The number of ether oxygens (including phenoxy) is 1. The highest BCUT2D eigenvalue weighted by Crippen LogP contribution is 2.29. The topological polar surface area (TPSA) is 48.9 Å². The van der Waals surface area contributed by atoms with Crippen LogP contribution in [-0.2, 0) is 4.74 Å². The molecule has 1 saturated heterocycles. The highest BCUT2D eigenvalue weighted by molar-refractivity contribution is 14.0. The van der Waals surface area contributed by atoms with Crippen LogP contribution >= 0.6 is 24.0 Å². The minimum absolute atomic E-state index is 0. The summed E-state index contributed by atoms with van der Waals surface area (Å²) in [5.74, 6) is 1.39. The van der Waals surface area contributed by atoms with E-state index in [1.807, 2.05) is 12.1 Å². The molecule has 26 heavy (non-hydrogen) atoms. The van der Waals surface area contributed by atoms with Gasteiger partial charge in [-0.05, 0) is 37.0 Å². The van der Waals surface area contributed by atoms with Crippen LogP contribution in [0.5, 0.6) is 0 Å². The van der Waals surface area contributed by atoms with Gasteiger partial charge in [-0.3, -0.25) is 9.89 Å². The van der Waals surface area contributed by atoms with Crippen molar-refractivity contribution >= 4 is 29.9 Å². The van der Waals surface area contributed by atoms with Crippen molar-refractivity contribution in [1.82, 2.24) is 15.5 Å². The van der Waals surface area contributed by atoms with E-state index >= 15 is 0 Å². The van der Waals surface area contributed by atoms with Crippen LogP contribution in [0.25, 0.3) is 0 Å². The van der Waals surface area contributed by atoms with Crippen molar-refractivity contribution in [2.24, 2.45) is 10.9 Å². The Bertz CT molecular complexity index is 577. The first-order valence-electron chi connectivity index (χ1n) is 9.29. The van der Waals surface area contributed by atoms with Gasteiger partial charge < -0.3 is 15.4 Å². The minimum Gasteiger partial charge on any atom is -0.379 e. The van der Waals surface area contributed by atoms with E-state index in [2.05, 4.69) is 29.4 Å². The third-order valence-electron chi connectivity index (χ3n) is 4.94. The Balaban J connectivity index is 0.00000243. The van der Waals surface area contributed by atoms with Gasteiger partial charge in [0.05, 0.1) is 25.8 Å². The Morgan fingerprint density at radius 1 is 1.31 bits per heavy atom. The number of nitrogens with one attached hydrogen (secondary N) is 2. The number of benzene rings is 1. The third kappa shape index (κ3) is 6.06. The maximum absolute atomic E-state index is 13.3. The SMILES string of the molecule is CCNC(=NCC(c1ccc(F)cc1)N1CCOCC1)NC1CC1C.I. The summed E-state index contributed by atoms with van der Waals surface area (Å²) >= 11 is 0. The molecule has 1 heterocycles. The number of guanidine groups is 1. The molecule has 1 saturated carbocycles. The second kappa shape index (κ2) is 10.4. The number of aliphatic imine (C=N–C) groups is 1. The van der Waals surface area contributed by atoms with Crippen LogP contribution in [0.1, 0.15) is 31.9 Å². The first kappa shape index (κ1) is 21.4. The van der Waals surface area contributed by atoms with Crippen molar-refractivity contribution < 1.29 is 9.13 Å². The van der Waals surface area contributed by atoms with Crippen molar-refractivity contribution in [2.75, 3.05) is 39.4 Å². The number of hydrogen-bond donors (Lipinski definition) is 2. The molecule has 2 fully saturated rings. The van der Waals surface area contributed by atoms with Crippen LogP contribution in [0.3, 0.4) is 0 Å². The van der Waals surface area contributed by atoms with E-state index in [0.717, 1.165) is 50.3 Å². The molecule has 0 aromatic heterocycles. The highest BCUT2D eigenvalue weighted by atomic mass is 127. The van der Waals surface area contributed by atoms with Gasteiger partial charge in [0, 0.05) is 25.7 Å². The summed E-state index contributed by atoms with van der Waals surface area (Å²) in [6.07, 6.45) is 1.20. The van der Waals surface area contributed by atoms with Gasteiger partial charge in [-0.2, -0.15) is 0 Å². The molecule has 0 spiro atoms. The molecule has 1 aromatic rings. The van der Waals surface area contributed by atoms with Crippen LogP contribution in [-0.4, -0.2) is 56.3 Å². The van der Waals surface area contributed by atoms with Crippen LogP contribution in [0.15, 0.2) is 29.3 Å². The summed E-state index contributed by atoms with van der Waals surface area (Å²) in [6, 6.07) is 7.47. The molecule has 3 unspecified atom stereocenters. The summed E-state index contributed by atoms with van der Waals surface area (Å²) in [6.45, 7) is 9.03. The monoisotopic (exact) mass is 476 g/mol. The lowest BCUT2D eigenvalue weighted by Crippen LogP contribution is -2.42. The van der Waals surface area contributed by atoms with Gasteiger partial charge in [0.1, 0.15) is 5.82 Å². The number of morpholine rings is 1. The van der Waals surface area contributed by atoms with Crippen molar-refractivity contribution in [3.8, 4) is 0 Å². The smallest absolute Gasteiger partial charge is 0.191 e. The number of halogens is 2. The van der Waals surface area contributed by atoms with E-state index in [4.69, 9.17) is 9.73 Å². The van der Waals surface area contributed by atoms with Gasteiger partial charge in [-0.15, -0.1) is 24.0 Å². The summed E-state index contributed by atoms with van der Waals surface area (Å²) in [5, 5.41) is 6.83. The molecule has 3 atom stereocenters. The van der Waals surface area contributed by atoms with Gasteiger partial charge in [-0.25, -0.2) is 4.39 Å². The average Bonchev–Trinajstić information content (AvgIpc) is 3.32. The third-order valence-corrected chi connectivity index (χ3v) is 4.94. The van der Waals surface area contributed by atoms with Gasteiger partial charge in [0.15, 0.2) is 5.96 Å². The number of hydrogen-bond acceptors (Lipinski definition) is 3. The van der Waals surface area contributed by atoms with Gasteiger partial charge in [0.25, 0.3) is 0 Å². The number of rotatable bonds is 6. The van der Waals surface area contributed by atoms with Crippen molar-refractivity contribution in [2.45, 2.75) is 32.4 Å². The van der Waals surface area contributed by atoms with Gasteiger partial charge in [-0.1, -0.05) is 19.1 Å². The van der Waals surface area contributed by atoms with E-state index in [1.165, 1.54) is 18.6 Å². The standard InChI is InChI=1S/C19H29FN4O.HI/c1-3-21-19(23-17-12-14(17)2)22-13-18(24-8-10-25-11-9-24)15-4-6-16(20)7-5-15;/h4-7,14,17-18H,3,8-13H2,1-2H3,(H2,21,22,23);1H. The maximum Gasteiger partial charge on any atom is 0.191 e. The summed E-state index contributed by atoms with van der Waals surface area (Å²) in [7, 11) is 0. The lowest BCUT2D eigenvalue weighted by Gasteiger charge is -2.34. The lowest BCUT2D eigenvalue weighted by molar-refractivity contribution is 0.0179. The maximum atomic E-state index is 13.3. The van der Waals surface area contributed by atoms with E-state index in [1.54, 1.807) is 0 Å². The summed E-state index contributed by atoms with van der Waals surface area (Å²) in [5.41, 5.74) is 1.10. The normalized spacial score (nSPS) is 24.5. The van der Waals surface area contributed by atoms with E-state index < -0.39 is 0 Å². The predicted octanol–water partition coefficient (Wildman–Crippen LogP) is 2.78. The largest absolute Gasteiger partial charge is 0.379 e. The summed E-state index contributed by atoms with van der Waals surface area (Å²) in [4.78, 5) is 7.20. The Kier molecular flexibility index (Phi) is 8.56. The molecule has 2 aliphatic rings. The second-order valence-corrected chi connectivity index (χ2v) is 6.90. The number of nitrogens with zero attached hydrogens (tertiary/aromatic N) is 2. The molecule has 1 aromatic carbocycles. The Morgan fingerprint density at radius 3 is 2.54 bits per heavy atom. The van der Waals surface area contributed by atoms with Gasteiger partial charge in [0.2, 0.25) is 0 Å². The van der Waals surface area contributed by atoms with E-state index in [9.17, 15) is 4.39 Å².